The minimum atomic E-state index is -4.47. The molecule has 3 heterocycles. The highest BCUT2D eigenvalue weighted by atomic mass is 32.1. The smallest absolute Gasteiger partial charge is 0.425 e. The molecule has 1 N–H and O–H groups in total. The maximum Gasteiger partial charge on any atom is 0.425 e. The Morgan fingerprint density at radius 3 is 2.63 bits per heavy atom. The van der Waals surface area contributed by atoms with Gasteiger partial charge in [0.1, 0.15) is 16.6 Å². The first-order chi connectivity index (χ1) is 12.3. The molecule has 1 amide bonds. The van der Waals surface area contributed by atoms with Gasteiger partial charge in [0.2, 0.25) is 0 Å². The molecule has 2 aliphatic rings. The van der Waals surface area contributed by atoms with Gasteiger partial charge < -0.3 is 19.5 Å². The molecule has 1 spiro atoms. The molecule has 0 radical (unpaired) electrons. The number of likely N-dealkylation sites (tertiary alicyclic amines) is 1. The molecule has 3 rings (SSSR count). The van der Waals surface area contributed by atoms with Gasteiger partial charge in [-0.1, -0.05) is 0 Å². The Morgan fingerprint density at radius 1 is 1.41 bits per heavy atom. The molecular formula is C18H24F3NO4S. The molecule has 152 valence electrons. The Bertz CT molecular complexity index is 727. The Kier molecular flexibility index (Phi) is 5.01. The van der Waals surface area contributed by atoms with Crippen molar-refractivity contribution in [2.45, 2.75) is 70.1 Å². The van der Waals surface area contributed by atoms with E-state index in [4.69, 9.17) is 9.47 Å². The lowest BCUT2D eigenvalue weighted by Crippen LogP contribution is -2.53. The van der Waals surface area contributed by atoms with Crippen LogP contribution in [0.5, 0.6) is 0 Å². The van der Waals surface area contributed by atoms with E-state index >= 15 is 0 Å². The van der Waals surface area contributed by atoms with Crippen LogP contribution in [0.4, 0.5) is 18.0 Å². The average molecular weight is 407 g/mol. The number of amides is 1. The van der Waals surface area contributed by atoms with Crippen molar-refractivity contribution < 1.29 is 32.5 Å². The van der Waals surface area contributed by atoms with Crippen LogP contribution in [-0.4, -0.2) is 40.9 Å². The van der Waals surface area contributed by atoms with E-state index < -0.39 is 34.5 Å². The van der Waals surface area contributed by atoms with Gasteiger partial charge in [0.05, 0.1) is 12.2 Å². The third kappa shape index (κ3) is 3.95. The molecule has 9 heteroatoms. The first-order valence-electron chi connectivity index (χ1n) is 8.85. The second-order valence-electron chi connectivity index (χ2n) is 8.18. The number of halogens is 3. The van der Waals surface area contributed by atoms with Crippen LogP contribution in [0.25, 0.3) is 0 Å². The van der Waals surface area contributed by atoms with Crippen molar-refractivity contribution in [1.82, 2.24) is 4.90 Å². The molecule has 3 unspecified atom stereocenters. The summed E-state index contributed by atoms with van der Waals surface area (Å²) >= 11 is 0.574. The number of hydrogen-bond acceptors (Lipinski definition) is 5. The van der Waals surface area contributed by atoms with Crippen LogP contribution < -0.4 is 0 Å². The summed E-state index contributed by atoms with van der Waals surface area (Å²) in [6, 6.07) is 0.823. The number of carbonyl (C=O) groups excluding carboxylic acids is 1. The number of fused-ring (bicyclic) bond motifs is 2. The van der Waals surface area contributed by atoms with Gasteiger partial charge in [-0.25, -0.2) is 4.79 Å². The van der Waals surface area contributed by atoms with Gasteiger partial charge in [-0.15, -0.1) is 11.3 Å². The van der Waals surface area contributed by atoms with E-state index in [1.54, 1.807) is 25.7 Å². The zero-order valence-corrected chi connectivity index (χ0v) is 16.5. The monoisotopic (exact) mass is 407 g/mol. The molecule has 0 aliphatic carbocycles. The summed E-state index contributed by atoms with van der Waals surface area (Å²) in [7, 11) is 0. The topological polar surface area (TPSA) is 59.0 Å². The summed E-state index contributed by atoms with van der Waals surface area (Å²) in [5, 5.41) is 10.1. The molecule has 0 saturated carbocycles. The van der Waals surface area contributed by atoms with Crippen LogP contribution in [0.3, 0.4) is 0 Å². The molecule has 0 bridgehead atoms. The molecule has 5 nitrogen and oxygen atoms in total. The molecule has 1 fully saturated rings. The highest BCUT2D eigenvalue weighted by molar-refractivity contribution is 7.12. The SMILES string of the molecule is CC1CC2(CCN1C(=O)OC(C)(C)C)OCC(O)c1sc(C(F)(F)F)cc12. The van der Waals surface area contributed by atoms with E-state index in [-0.39, 0.29) is 12.6 Å². The molecule has 3 atom stereocenters. The summed E-state index contributed by atoms with van der Waals surface area (Å²) in [4.78, 5) is 13.6. The number of nitrogens with zero attached hydrogens (tertiary/aromatic N) is 1. The Morgan fingerprint density at radius 2 is 2.07 bits per heavy atom. The lowest BCUT2D eigenvalue weighted by atomic mass is 9.79. The van der Waals surface area contributed by atoms with E-state index in [0.29, 0.717) is 41.2 Å². The zero-order valence-electron chi connectivity index (χ0n) is 15.7. The van der Waals surface area contributed by atoms with Gasteiger partial charge in [-0.3, -0.25) is 0 Å². The highest BCUT2D eigenvalue weighted by Crippen LogP contribution is 2.51. The van der Waals surface area contributed by atoms with Crippen molar-refractivity contribution in [3.63, 3.8) is 0 Å². The molecule has 1 saturated heterocycles. The fraction of sp³-hybridized carbons (Fsp3) is 0.722. The van der Waals surface area contributed by atoms with Crippen LogP contribution in [0.2, 0.25) is 0 Å². The number of piperidine rings is 1. The third-order valence-electron chi connectivity index (χ3n) is 4.89. The van der Waals surface area contributed by atoms with Crippen LogP contribution in [0.15, 0.2) is 6.07 Å². The lowest BCUT2D eigenvalue weighted by molar-refractivity contribution is -0.139. The maximum atomic E-state index is 13.2. The Hall–Kier alpha value is -1.32. The third-order valence-corrected chi connectivity index (χ3v) is 6.17. The normalized spacial score (nSPS) is 29.0. The van der Waals surface area contributed by atoms with Crippen molar-refractivity contribution in [2.24, 2.45) is 0 Å². The van der Waals surface area contributed by atoms with Gasteiger partial charge in [0, 0.05) is 29.4 Å². The Labute approximate surface area is 160 Å². The average Bonchev–Trinajstić information content (AvgIpc) is 2.97. The lowest BCUT2D eigenvalue weighted by Gasteiger charge is -2.47. The number of aliphatic hydroxyl groups excluding tert-OH is 1. The van der Waals surface area contributed by atoms with E-state index in [1.165, 1.54) is 0 Å². The number of ether oxygens (including phenoxy) is 2. The molecule has 2 aliphatic heterocycles. The zero-order chi connectivity index (χ0) is 20.2. The summed E-state index contributed by atoms with van der Waals surface area (Å²) in [6.07, 6.45) is -5.27. The Balaban J connectivity index is 1.86. The molecule has 0 aromatic carbocycles. The van der Waals surface area contributed by atoms with Gasteiger partial charge in [0.25, 0.3) is 0 Å². The number of rotatable bonds is 0. The molecule has 1 aromatic rings. The molecular weight excluding hydrogens is 383 g/mol. The second-order valence-corrected chi connectivity index (χ2v) is 9.27. The number of thiophene rings is 1. The van der Waals surface area contributed by atoms with Gasteiger partial charge in [-0.05, 0) is 40.2 Å². The molecule has 1 aromatic heterocycles. The largest absolute Gasteiger partial charge is 0.444 e. The first-order valence-corrected chi connectivity index (χ1v) is 9.67. The van der Waals surface area contributed by atoms with Gasteiger partial charge in [0.15, 0.2) is 0 Å². The minimum absolute atomic E-state index is 0.0516. The quantitative estimate of drug-likeness (QED) is 0.691. The number of alkyl halides is 3. The standard InChI is InChI=1S/C18H24F3NO4S/c1-10-8-17(5-6-22(10)15(24)26-16(2,3)4)11-7-13(18(19,20)21)27-14(11)12(23)9-25-17/h7,10,12,23H,5-6,8-9H2,1-4H3. The van der Waals surface area contributed by atoms with Gasteiger partial charge >= 0.3 is 12.3 Å². The van der Waals surface area contributed by atoms with Crippen molar-refractivity contribution in [2.75, 3.05) is 13.2 Å². The van der Waals surface area contributed by atoms with E-state index in [2.05, 4.69) is 0 Å². The number of carbonyl (C=O) groups is 1. The van der Waals surface area contributed by atoms with E-state index in [0.717, 1.165) is 6.07 Å². The van der Waals surface area contributed by atoms with Crippen LogP contribution in [0.1, 0.15) is 62.0 Å². The summed E-state index contributed by atoms with van der Waals surface area (Å²) in [5.41, 5.74) is -1.15. The summed E-state index contributed by atoms with van der Waals surface area (Å²) < 4.78 is 50.8. The predicted molar refractivity (Wildman–Crippen MR) is 93.5 cm³/mol. The molecule has 27 heavy (non-hydrogen) atoms. The first kappa shape index (κ1) is 20.4. The number of hydrogen-bond donors (Lipinski definition) is 1. The van der Waals surface area contributed by atoms with Crippen LogP contribution >= 0.6 is 11.3 Å². The van der Waals surface area contributed by atoms with Gasteiger partial charge in [-0.2, -0.15) is 13.2 Å². The van der Waals surface area contributed by atoms with E-state index in [9.17, 15) is 23.1 Å². The van der Waals surface area contributed by atoms with Crippen molar-refractivity contribution >= 4 is 17.4 Å². The minimum Gasteiger partial charge on any atom is -0.444 e. The number of aliphatic hydroxyl groups is 1. The fourth-order valence-electron chi connectivity index (χ4n) is 3.72. The van der Waals surface area contributed by atoms with Crippen LogP contribution in [0, 0.1) is 0 Å². The highest BCUT2D eigenvalue weighted by Gasteiger charge is 2.49. The summed E-state index contributed by atoms with van der Waals surface area (Å²) in [6.45, 7) is 7.43. The van der Waals surface area contributed by atoms with Crippen LogP contribution in [-0.2, 0) is 21.3 Å². The van der Waals surface area contributed by atoms with Crippen molar-refractivity contribution in [3.8, 4) is 0 Å². The van der Waals surface area contributed by atoms with Crippen molar-refractivity contribution in [3.05, 3.63) is 21.4 Å². The maximum absolute atomic E-state index is 13.2. The summed E-state index contributed by atoms with van der Waals surface area (Å²) in [5.74, 6) is 0. The second kappa shape index (κ2) is 6.63. The van der Waals surface area contributed by atoms with E-state index in [1.807, 2.05) is 6.92 Å². The van der Waals surface area contributed by atoms with Crippen molar-refractivity contribution in [1.29, 1.82) is 0 Å². The predicted octanol–water partition coefficient (Wildman–Crippen LogP) is 4.45. The fourth-order valence-corrected chi connectivity index (χ4v) is 4.81.